The Bertz CT molecular complexity index is 561. The molecule has 0 saturated heterocycles. The molecular weight excluding hydrogens is 270 g/mol. The molecule has 1 unspecified atom stereocenters. The number of esters is 1. The van der Waals surface area contributed by atoms with E-state index in [9.17, 15) is 9.59 Å². The van der Waals surface area contributed by atoms with Crippen molar-refractivity contribution in [2.45, 2.75) is 52.1 Å². The molecule has 0 aromatic carbocycles. The number of rotatable bonds is 5. The first kappa shape index (κ1) is 15.5. The molecule has 6 nitrogen and oxygen atoms in total. The smallest absolute Gasteiger partial charge is 0.312 e. The maximum absolute atomic E-state index is 12.2. The predicted octanol–water partition coefficient (Wildman–Crippen LogP) is 1.40. The van der Waals surface area contributed by atoms with Crippen LogP contribution in [0.3, 0.4) is 0 Å². The van der Waals surface area contributed by atoms with Crippen molar-refractivity contribution in [3.05, 3.63) is 17.0 Å². The lowest BCUT2D eigenvalue weighted by Gasteiger charge is -2.17. The number of aromatic nitrogens is 2. The molecule has 0 bridgehead atoms. The third-order valence-corrected chi connectivity index (χ3v) is 4.20. The number of ether oxygens (including phenoxy) is 1. The summed E-state index contributed by atoms with van der Waals surface area (Å²) in [7, 11) is 3.21. The van der Waals surface area contributed by atoms with Crippen molar-refractivity contribution in [3.8, 4) is 0 Å². The van der Waals surface area contributed by atoms with E-state index in [1.165, 1.54) is 7.11 Å². The standard InChI is InChI=1S/C15H23N3O3/c1-9(15(20)21-5)14-10(2)16-18(11(14)3)8-13(19)17(4)12-6-7-12/h9,12H,6-8H2,1-5H3. The van der Waals surface area contributed by atoms with Crippen LogP contribution in [0.2, 0.25) is 0 Å². The largest absolute Gasteiger partial charge is 0.469 e. The molecule has 6 heteroatoms. The molecule has 1 fully saturated rings. The average molecular weight is 293 g/mol. The van der Waals surface area contributed by atoms with E-state index in [0.29, 0.717) is 6.04 Å². The van der Waals surface area contributed by atoms with Crippen molar-refractivity contribution in [2.75, 3.05) is 14.2 Å². The highest BCUT2D eigenvalue weighted by atomic mass is 16.5. The Morgan fingerprint density at radius 3 is 2.57 bits per heavy atom. The highest BCUT2D eigenvalue weighted by Crippen LogP contribution is 2.27. The van der Waals surface area contributed by atoms with Gasteiger partial charge in [-0.3, -0.25) is 14.3 Å². The summed E-state index contributed by atoms with van der Waals surface area (Å²) in [5.41, 5.74) is 2.47. The van der Waals surface area contributed by atoms with E-state index in [1.54, 1.807) is 16.5 Å². The second-order valence-electron chi connectivity index (χ2n) is 5.72. The fourth-order valence-corrected chi connectivity index (χ4v) is 2.69. The van der Waals surface area contributed by atoms with Crippen LogP contribution >= 0.6 is 0 Å². The first-order valence-corrected chi connectivity index (χ1v) is 7.24. The number of aryl methyl sites for hydroxylation is 1. The van der Waals surface area contributed by atoms with Gasteiger partial charge in [0.1, 0.15) is 6.54 Å². The van der Waals surface area contributed by atoms with Crippen molar-refractivity contribution in [3.63, 3.8) is 0 Å². The van der Waals surface area contributed by atoms with Crippen LogP contribution in [0.1, 0.15) is 42.6 Å². The van der Waals surface area contributed by atoms with E-state index in [4.69, 9.17) is 4.74 Å². The topological polar surface area (TPSA) is 64.4 Å². The number of hydrogen-bond acceptors (Lipinski definition) is 4. The Labute approximate surface area is 125 Å². The average Bonchev–Trinajstić information content (AvgIpc) is 3.25. The zero-order chi connectivity index (χ0) is 15.7. The zero-order valence-electron chi connectivity index (χ0n) is 13.3. The summed E-state index contributed by atoms with van der Waals surface area (Å²) in [5.74, 6) is -0.609. The minimum absolute atomic E-state index is 0.0559. The van der Waals surface area contributed by atoms with Gasteiger partial charge in [-0.2, -0.15) is 5.10 Å². The summed E-state index contributed by atoms with van der Waals surface area (Å²) in [6.45, 7) is 5.76. The Hall–Kier alpha value is -1.85. The van der Waals surface area contributed by atoms with Crippen molar-refractivity contribution >= 4 is 11.9 Å². The van der Waals surface area contributed by atoms with Gasteiger partial charge in [0.15, 0.2) is 0 Å². The molecular formula is C15H23N3O3. The highest BCUT2D eigenvalue weighted by molar-refractivity contribution is 5.79. The minimum Gasteiger partial charge on any atom is -0.469 e. The van der Waals surface area contributed by atoms with Gasteiger partial charge < -0.3 is 9.64 Å². The minimum atomic E-state index is -0.375. The second-order valence-corrected chi connectivity index (χ2v) is 5.72. The lowest BCUT2D eigenvalue weighted by molar-refractivity contribution is -0.142. The molecule has 1 aromatic heterocycles. The molecule has 1 aromatic rings. The molecule has 116 valence electrons. The predicted molar refractivity (Wildman–Crippen MR) is 77.9 cm³/mol. The zero-order valence-corrected chi connectivity index (χ0v) is 13.3. The van der Waals surface area contributed by atoms with Gasteiger partial charge in [-0.25, -0.2) is 0 Å². The highest BCUT2D eigenvalue weighted by Gasteiger charge is 2.30. The molecule has 2 rings (SSSR count). The van der Waals surface area contributed by atoms with Crippen LogP contribution in [0.25, 0.3) is 0 Å². The summed E-state index contributed by atoms with van der Waals surface area (Å²) < 4.78 is 6.48. The van der Waals surface area contributed by atoms with Gasteiger partial charge in [-0.15, -0.1) is 0 Å². The normalized spacial score (nSPS) is 15.7. The van der Waals surface area contributed by atoms with E-state index in [1.807, 2.05) is 20.9 Å². The van der Waals surface area contributed by atoms with E-state index < -0.39 is 0 Å². The van der Waals surface area contributed by atoms with Gasteiger partial charge >= 0.3 is 5.97 Å². The van der Waals surface area contributed by atoms with Gasteiger partial charge in [-0.05, 0) is 33.6 Å². The van der Waals surface area contributed by atoms with Crippen molar-refractivity contribution < 1.29 is 14.3 Å². The number of carbonyl (C=O) groups is 2. The van der Waals surface area contributed by atoms with Crippen molar-refractivity contribution in [2.24, 2.45) is 0 Å². The number of likely N-dealkylation sites (N-methyl/N-ethyl adjacent to an activating group) is 1. The number of carbonyl (C=O) groups excluding carboxylic acids is 2. The van der Waals surface area contributed by atoms with Crippen LogP contribution in [0.4, 0.5) is 0 Å². The maximum atomic E-state index is 12.2. The maximum Gasteiger partial charge on any atom is 0.312 e. The first-order valence-electron chi connectivity index (χ1n) is 7.24. The lowest BCUT2D eigenvalue weighted by atomic mass is 9.99. The van der Waals surface area contributed by atoms with E-state index in [-0.39, 0.29) is 24.3 Å². The van der Waals surface area contributed by atoms with Gasteiger partial charge in [0.25, 0.3) is 0 Å². The Balaban J connectivity index is 2.18. The van der Waals surface area contributed by atoms with Crippen molar-refractivity contribution in [1.29, 1.82) is 0 Å². The summed E-state index contributed by atoms with van der Waals surface area (Å²) in [6, 6.07) is 0.392. The van der Waals surface area contributed by atoms with Gasteiger partial charge in [0.05, 0.1) is 18.7 Å². The molecule has 21 heavy (non-hydrogen) atoms. The van der Waals surface area contributed by atoms with Crippen LogP contribution in [0.15, 0.2) is 0 Å². The molecule has 1 saturated carbocycles. The monoisotopic (exact) mass is 293 g/mol. The Morgan fingerprint density at radius 1 is 1.43 bits per heavy atom. The fourth-order valence-electron chi connectivity index (χ4n) is 2.69. The first-order chi connectivity index (χ1) is 9.86. The molecule has 0 spiro atoms. The molecule has 1 heterocycles. The summed E-state index contributed by atoms with van der Waals surface area (Å²) in [5, 5.41) is 4.41. The summed E-state index contributed by atoms with van der Waals surface area (Å²) in [4.78, 5) is 25.7. The van der Waals surface area contributed by atoms with Crippen LogP contribution < -0.4 is 0 Å². The number of nitrogens with zero attached hydrogens (tertiary/aromatic N) is 3. The third kappa shape index (κ3) is 3.09. The summed E-state index contributed by atoms with van der Waals surface area (Å²) in [6.07, 6.45) is 2.17. The molecule has 0 aliphatic heterocycles. The number of amides is 1. The lowest BCUT2D eigenvalue weighted by Crippen LogP contribution is -2.32. The van der Waals surface area contributed by atoms with Crippen LogP contribution in [0.5, 0.6) is 0 Å². The quantitative estimate of drug-likeness (QED) is 0.770. The molecule has 0 N–H and O–H groups in total. The fraction of sp³-hybridized carbons (Fsp3) is 0.667. The second kappa shape index (κ2) is 5.87. The van der Waals surface area contributed by atoms with Gasteiger partial charge in [0, 0.05) is 24.3 Å². The number of methoxy groups -OCH3 is 1. The van der Waals surface area contributed by atoms with E-state index in [0.717, 1.165) is 29.8 Å². The molecule has 0 radical (unpaired) electrons. The van der Waals surface area contributed by atoms with Crippen LogP contribution in [-0.2, 0) is 20.9 Å². The Morgan fingerprint density at radius 2 is 2.05 bits per heavy atom. The molecule has 1 amide bonds. The summed E-state index contributed by atoms with van der Waals surface area (Å²) >= 11 is 0. The van der Waals surface area contributed by atoms with Gasteiger partial charge in [-0.1, -0.05) is 0 Å². The molecule has 1 aliphatic rings. The molecule has 1 aliphatic carbocycles. The SMILES string of the molecule is COC(=O)C(C)c1c(C)nn(CC(=O)N(C)C2CC2)c1C. The number of hydrogen-bond donors (Lipinski definition) is 0. The molecule has 1 atom stereocenters. The van der Waals surface area contributed by atoms with Crippen molar-refractivity contribution in [1.82, 2.24) is 14.7 Å². The third-order valence-electron chi connectivity index (χ3n) is 4.20. The van der Waals surface area contributed by atoms with Gasteiger partial charge in [0.2, 0.25) is 5.91 Å². The van der Waals surface area contributed by atoms with Crippen LogP contribution in [0, 0.1) is 13.8 Å². The van der Waals surface area contributed by atoms with Crippen LogP contribution in [-0.4, -0.2) is 46.8 Å². The van der Waals surface area contributed by atoms with E-state index in [2.05, 4.69) is 5.10 Å². The Kier molecular flexibility index (Phi) is 4.34. The van der Waals surface area contributed by atoms with E-state index >= 15 is 0 Å².